The SMILES string of the molecule is COC(=O)c1ccc(C(C)Oc2cccc(C(N)=O)c2)o1. The average molecular weight is 289 g/mol. The molecule has 0 fully saturated rings. The van der Waals surface area contributed by atoms with Crippen LogP contribution in [0.1, 0.15) is 39.7 Å². The van der Waals surface area contributed by atoms with Gasteiger partial charge in [-0.1, -0.05) is 6.07 Å². The Hall–Kier alpha value is -2.76. The molecular formula is C15H15NO5. The molecule has 0 aliphatic heterocycles. The number of esters is 1. The van der Waals surface area contributed by atoms with Crippen molar-refractivity contribution in [2.45, 2.75) is 13.0 Å². The van der Waals surface area contributed by atoms with Gasteiger partial charge in [-0.3, -0.25) is 4.79 Å². The van der Waals surface area contributed by atoms with Gasteiger partial charge in [-0.15, -0.1) is 0 Å². The van der Waals surface area contributed by atoms with Crippen molar-refractivity contribution in [2.24, 2.45) is 5.73 Å². The van der Waals surface area contributed by atoms with Crippen LogP contribution in [0.15, 0.2) is 40.8 Å². The third kappa shape index (κ3) is 3.42. The minimum Gasteiger partial charge on any atom is -0.483 e. The van der Waals surface area contributed by atoms with E-state index in [4.69, 9.17) is 14.9 Å². The fourth-order valence-electron chi connectivity index (χ4n) is 1.77. The maximum atomic E-state index is 11.3. The Labute approximate surface area is 121 Å². The number of benzene rings is 1. The van der Waals surface area contributed by atoms with Gasteiger partial charge in [-0.25, -0.2) is 4.79 Å². The maximum absolute atomic E-state index is 11.3. The second-order valence-corrected chi connectivity index (χ2v) is 4.35. The van der Waals surface area contributed by atoms with E-state index in [2.05, 4.69) is 4.74 Å². The summed E-state index contributed by atoms with van der Waals surface area (Å²) in [5.74, 6) is -0.0215. The molecule has 1 atom stereocenters. The molecule has 0 radical (unpaired) electrons. The molecule has 6 nitrogen and oxygen atoms in total. The topological polar surface area (TPSA) is 91.8 Å². The van der Waals surface area contributed by atoms with Crippen LogP contribution in [0.4, 0.5) is 0 Å². The van der Waals surface area contributed by atoms with Crippen LogP contribution >= 0.6 is 0 Å². The number of rotatable bonds is 5. The maximum Gasteiger partial charge on any atom is 0.373 e. The number of carbonyl (C=O) groups excluding carboxylic acids is 2. The van der Waals surface area contributed by atoms with Crippen molar-refractivity contribution < 1.29 is 23.5 Å². The molecule has 6 heteroatoms. The van der Waals surface area contributed by atoms with Gasteiger partial charge in [0.05, 0.1) is 7.11 Å². The average Bonchev–Trinajstić information content (AvgIpc) is 2.96. The van der Waals surface area contributed by atoms with Crippen molar-refractivity contribution in [1.82, 2.24) is 0 Å². The van der Waals surface area contributed by atoms with Gasteiger partial charge >= 0.3 is 5.97 Å². The summed E-state index contributed by atoms with van der Waals surface area (Å²) in [5, 5.41) is 0. The zero-order valence-corrected chi connectivity index (χ0v) is 11.7. The summed E-state index contributed by atoms with van der Waals surface area (Å²) >= 11 is 0. The molecule has 2 N–H and O–H groups in total. The summed E-state index contributed by atoms with van der Waals surface area (Å²) < 4.78 is 15.6. The number of amides is 1. The van der Waals surface area contributed by atoms with Crippen molar-refractivity contribution in [1.29, 1.82) is 0 Å². The fourth-order valence-corrected chi connectivity index (χ4v) is 1.77. The van der Waals surface area contributed by atoms with E-state index < -0.39 is 18.0 Å². The first-order chi connectivity index (χ1) is 10.0. The Morgan fingerprint density at radius 3 is 2.67 bits per heavy atom. The van der Waals surface area contributed by atoms with Crippen molar-refractivity contribution in [3.8, 4) is 5.75 Å². The third-order valence-electron chi connectivity index (χ3n) is 2.85. The zero-order chi connectivity index (χ0) is 15.4. The molecule has 1 heterocycles. The molecule has 0 bridgehead atoms. The van der Waals surface area contributed by atoms with E-state index in [-0.39, 0.29) is 5.76 Å². The lowest BCUT2D eigenvalue weighted by Gasteiger charge is -2.12. The summed E-state index contributed by atoms with van der Waals surface area (Å²) in [6.07, 6.45) is -0.438. The van der Waals surface area contributed by atoms with Crippen LogP contribution in [0.2, 0.25) is 0 Å². The highest BCUT2D eigenvalue weighted by Gasteiger charge is 2.16. The number of primary amides is 1. The van der Waals surface area contributed by atoms with Crippen LogP contribution in [0, 0.1) is 0 Å². The van der Waals surface area contributed by atoms with E-state index in [1.165, 1.54) is 13.2 Å². The highest BCUT2D eigenvalue weighted by molar-refractivity contribution is 5.93. The van der Waals surface area contributed by atoms with Gasteiger partial charge in [-0.2, -0.15) is 0 Å². The van der Waals surface area contributed by atoms with Gasteiger partial charge < -0.3 is 19.6 Å². The first-order valence-corrected chi connectivity index (χ1v) is 6.26. The molecule has 0 spiro atoms. The van der Waals surface area contributed by atoms with E-state index in [0.29, 0.717) is 17.1 Å². The lowest BCUT2D eigenvalue weighted by Crippen LogP contribution is -2.11. The first kappa shape index (κ1) is 14.6. The van der Waals surface area contributed by atoms with Crippen LogP contribution in [-0.4, -0.2) is 19.0 Å². The molecule has 2 aromatic rings. The molecule has 1 amide bonds. The highest BCUT2D eigenvalue weighted by Crippen LogP contribution is 2.24. The van der Waals surface area contributed by atoms with E-state index in [1.54, 1.807) is 37.3 Å². The van der Waals surface area contributed by atoms with Gasteiger partial charge in [0.25, 0.3) is 0 Å². The van der Waals surface area contributed by atoms with E-state index >= 15 is 0 Å². The lowest BCUT2D eigenvalue weighted by molar-refractivity contribution is 0.0558. The zero-order valence-electron chi connectivity index (χ0n) is 11.7. The van der Waals surface area contributed by atoms with E-state index in [0.717, 1.165) is 0 Å². The van der Waals surface area contributed by atoms with Crippen LogP contribution in [0.3, 0.4) is 0 Å². The van der Waals surface area contributed by atoms with Crippen LogP contribution in [0.5, 0.6) is 5.75 Å². The predicted molar refractivity (Wildman–Crippen MR) is 74.1 cm³/mol. The van der Waals surface area contributed by atoms with E-state index in [9.17, 15) is 9.59 Å². The number of ether oxygens (including phenoxy) is 2. The van der Waals surface area contributed by atoms with Crippen molar-refractivity contribution in [3.63, 3.8) is 0 Å². The van der Waals surface area contributed by atoms with Crippen molar-refractivity contribution in [3.05, 3.63) is 53.5 Å². The van der Waals surface area contributed by atoms with E-state index in [1.807, 2.05) is 0 Å². The molecular weight excluding hydrogens is 274 g/mol. The Balaban J connectivity index is 2.12. The normalized spacial score (nSPS) is 11.7. The summed E-state index contributed by atoms with van der Waals surface area (Å²) in [4.78, 5) is 22.4. The molecule has 0 aliphatic carbocycles. The first-order valence-electron chi connectivity index (χ1n) is 6.26. The Bertz CT molecular complexity index is 662. The third-order valence-corrected chi connectivity index (χ3v) is 2.85. The second kappa shape index (κ2) is 6.13. The minimum absolute atomic E-state index is 0.105. The summed E-state index contributed by atoms with van der Waals surface area (Å²) in [6, 6.07) is 9.66. The van der Waals surface area contributed by atoms with Crippen LogP contribution < -0.4 is 10.5 Å². The van der Waals surface area contributed by atoms with Gasteiger partial charge in [-0.05, 0) is 37.3 Å². The fraction of sp³-hybridized carbons (Fsp3) is 0.200. The molecule has 2 rings (SSSR count). The monoisotopic (exact) mass is 289 g/mol. The van der Waals surface area contributed by atoms with Gasteiger partial charge in [0, 0.05) is 5.56 Å². The molecule has 110 valence electrons. The Kier molecular flexibility index (Phi) is 4.27. The second-order valence-electron chi connectivity index (χ2n) is 4.35. The molecule has 1 aromatic heterocycles. The molecule has 1 unspecified atom stereocenters. The van der Waals surface area contributed by atoms with Crippen molar-refractivity contribution >= 4 is 11.9 Å². The number of hydrogen-bond donors (Lipinski definition) is 1. The number of nitrogens with two attached hydrogens (primary N) is 1. The number of methoxy groups -OCH3 is 1. The van der Waals surface area contributed by atoms with Gasteiger partial charge in [0.2, 0.25) is 11.7 Å². The molecule has 1 aromatic carbocycles. The largest absolute Gasteiger partial charge is 0.483 e. The standard InChI is InChI=1S/C15H15NO5/c1-9(12-6-7-13(21-12)15(18)19-2)20-11-5-3-4-10(8-11)14(16)17/h3-9H,1-2H3,(H2,16,17). The Morgan fingerprint density at radius 2 is 2.00 bits per heavy atom. The van der Waals surface area contributed by atoms with Crippen molar-refractivity contribution in [2.75, 3.05) is 7.11 Å². The molecule has 0 saturated heterocycles. The highest BCUT2D eigenvalue weighted by atomic mass is 16.5. The number of hydrogen-bond acceptors (Lipinski definition) is 5. The molecule has 21 heavy (non-hydrogen) atoms. The summed E-state index contributed by atoms with van der Waals surface area (Å²) in [6.45, 7) is 1.76. The number of carbonyl (C=O) groups is 2. The quantitative estimate of drug-likeness (QED) is 0.853. The number of furan rings is 1. The lowest BCUT2D eigenvalue weighted by atomic mass is 10.2. The summed E-state index contributed by atoms with van der Waals surface area (Å²) in [7, 11) is 1.28. The van der Waals surface area contributed by atoms with Gasteiger partial charge in [0.1, 0.15) is 11.5 Å². The molecule has 0 aliphatic rings. The summed E-state index contributed by atoms with van der Waals surface area (Å²) in [5.41, 5.74) is 5.57. The predicted octanol–water partition coefficient (Wildman–Crippen LogP) is 2.31. The van der Waals surface area contributed by atoms with Crippen LogP contribution in [-0.2, 0) is 4.74 Å². The molecule has 0 saturated carbocycles. The smallest absolute Gasteiger partial charge is 0.373 e. The minimum atomic E-state index is -0.552. The van der Waals surface area contributed by atoms with Crippen LogP contribution in [0.25, 0.3) is 0 Å². The Morgan fingerprint density at radius 1 is 1.24 bits per heavy atom. The van der Waals surface area contributed by atoms with Gasteiger partial charge in [0.15, 0.2) is 6.10 Å².